The maximum absolute atomic E-state index is 13.4. The molecule has 3 aromatic heterocycles. The summed E-state index contributed by atoms with van der Waals surface area (Å²) in [4.78, 5) is 21.0. The first-order valence-electron chi connectivity index (χ1n) is 12.5. The molecule has 1 saturated carbocycles. The lowest BCUT2D eigenvalue weighted by molar-refractivity contribution is -0.153. The van der Waals surface area contributed by atoms with Crippen LogP contribution in [-0.2, 0) is 19.6 Å². The van der Waals surface area contributed by atoms with Crippen LogP contribution in [-0.4, -0.2) is 94.4 Å². The number of likely N-dealkylation sites (tertiary alicyclic amines) is 1. The van der Waals surface area contributed by atoms with E-state index in [1.807, 2.05) is 11.8 Å². The zero-order chi connectivity index (χ0) is 27.5. The van der Waals surface area contributed by atoms with Crippen molar-refractivity contribution in [3.05, 3.63) is 23.5 Å². The van der Waals surface area contributed by atoms with Crippen molar-refractivity contribution in [2.24, 2.45) is 0 Å². The van der Waals surface area contributed by atoms with E-state index in [1.54, 1.807) is 4.90 Å². The van der Waals surface area contributed by atoms with Gasteiger partial charge in [0.15, 0.2) is 21.8 Å². The number of hydrogen-bond donors (Lipinski definition) is 2. The third kappa shape index (κ3) is 4.88. The van der Waals surface area contributed by atoms with Gasteiger partial charge in [-0.2, -0.15) is 0 Å². The van der Waals surface area contributed by atoms with Gasteiger partial charge in [-0.3, -0.25) is 9.20 Å². The molecule has 3 aliphatic rings. The summed E-state index contributed by atoms with van der Waals surface area (Å²) < 4.78 is 63.2. The van der Waals surface area contributed by atoms with Crippen LogP contribution in [0.5, 0.6) is 0 Å². The van der Waals surface area contributed by atoms with E-state index in [0.717, 1.165) is 19.3 Å². The zero-order valence-corrected chi connectivity index (χ0v) is 22.6. The summed E-state index contributed by atoms with van der Waals surface area (Å²) in [5.74, 6) is -0.231. The van der Waals surface area contributed by atoms with Crippen LogP contribution in [0.3, 0.4) is 0 Å². The van der Waals surface area contributed by atoms with Gasteiger partial charge in [0.05, 0.1) is 37.7 Å². The Hall–Kier alpha value is -2.79. The Morgan fingerprint density at radius 2 is 2.13 bits per heavy atom. The second-order valence-electron chi connectivity index (χ2n) is 10.3. The van der Waals surface area contributed by atoms with E-state index in [-0.39, 0.29) is 41.6 Å². The van der Waals surface area contributed by atoms with Gasteiger partial charge in [-0.05, 0) is 32.3 Å². The molecule has 0 unspecified atom stereocenters. The van der Waals surface area contributed by atoms with E-state index in [4.69, 9.17) is 4.74 Å². The highest BCUT2D eigenvalue weighted by Gasteiger charge is 2.42. The minimum Gasteiger partial charge on any atom is -0.394 e. The van der Waals surface area contributed by atoms with Crippen molar-refractivity contribution >= 4 is 38.6 Å². The molecule has 6 rings (SSSR count). The van der Waals surface area contributed by atoms with Crippen molar-refractivity contribution in [3.8, 4) is 10.7 Å². The van der Waals surface area contributed by atoms with Gasteiger partial charge in [-0.25, -0.2) is 26.9 Å². The molecule has 0 radical (unpaired) electrons. The number of ether oxygens (including phenoxy) is 1. The minimum absolute atomic E-state index is 0.0339. The molecule has 2 N–H and O–H groups in total. The van der Waals surface area contributed by atoms with Crippen LogP contribution in [0, 0.1) is 0 Å². The summed E-state index contributed by atoms with van der Waals surface area (Å²) in [6.45, 7) is 2.98. The molecular weight excluding hydrogens is 556 g/mol. The van der Waals surface area contributed by atoms with Gasteiger partial charge in [0, 0.05) is 24.8 Å². The predicted octanol–water partition coefficient (Wildman–Crippen LogP) is 1.42. The van der Waals surface area contributed by atoms with Gasteiger partial charge < -0.3 is 19.6 Å². The largest absolute Gasteiger partial charge is 0.394 e. The Balaban J connectivity index is 1.40. The molecule has 0 spiro atoms. The molecule has 16 heteroatoms. The summed E-state index contributed by atoms with van der Waals surface area (Å²) in [6, 6.07) is 1.28. The Morgan fingerprint density at radius 3 is 2.77 bits per heavy atom. The van der Waals surface area contributed by atoms with Crippen molar-refractivity contribution in [1.82, 2.24) is 29.2 Å². The van der Waals surface area contributed by atoms with Crippen molar-refractivity contribution in [2.45, 2.75) is 55.2 Å². The molecule has 2 atom stereocenters. The van der Waals surface area contributed by atoms with E-state index in [0.29, 0.717) is 41.5 Å². The number of alkyl halides is 2. The van der Waals surface area contributed by atoms with Crippen molar-refractivity contribution in [2.75, 3.05) is 37.7 Å². The molecule has 39 heavy (non-hydrogen) atoms. The maximum Gasteiger partial charge on any atom is 0.291 e. The number of sulfonamides is 1. The molecule has 2 aliphatic heterocycles. The fourth-order valence-electron chi connectivity index (χ4n) is 4.81. The second-order valence-corrected chi connectivity index (χ2v) is 13.0. The standard InChI is InChI=1S/C23H27F2N7O5S2/c1-23(3-4-23)29-39(35,36)14-8-15(30-6-7-37-17(11-30)22(34)31-5-2-13(31)12-33)19-26-9-16(32(19)10-14)20-27-28-21(38-20)18(24)25/h8-10,13,17-18,29,33H,2-7,11-12H2,1H3/t13-,17+/m1/s1. The lowest BCUT2D eigenvalue weighted by Gasteiger charge is -2.43. The second kappa shape index (κ2) is 9.69. The van der Waals surface area contributed by atoms with Crippen LogP contribution in [0.2, 0.25) is 0 Å². The third-order valence-electron chi connectivity index (χ3n) is 7.42. The predicted molar refractivity (Wildman–Crippen MR) is 136 cm³/mol. The number of aromatic nitrogens is 4. The first-order valence-corrected chi connectivity index (χ1v) is 14.8. The van der Waals surface area contributed by atoms with Gasteiger partial charge in [0.2, 0.25) is 10.0 Å². The van der Waals surface area contributed by atoms with Crippen LogP contribution < -0.4 is 9.62 Å². The SMILES string of the molecule is CC1(NS(=O)(=O)c2cc(N3CCO[C@H](C(=O)N4CC[C@@H]4CO)C3)c3ncc(-c4nnc(C(F)F)s4)n3c2)CC1. The highest BCUT2D eigenvalue weighted by atomic mass is 32.2. The van der Waals surface area contributed by atoms with E-state index in [1.165, 1.54) is 22.9 Å². The highest BCUT2D eigenvalue weighted by Crippen LogP contribution is 2.38. The minimum atomic E-state index is -3.95. The molecule has 1 aliphatic carbocycles. The van der Waals surface area contributed by atoms with Crippen molar-refractivity contribution in [1.29, 1.82) is 0 Å². The number of hydrogen-bond acceptors (Lipinski definition) is 10. The molecule has 0 aromatic carbocycles. The summed E-state index contributed by atoms with van der Waals surface area (Å²) in [5.41, 5.74) is 0.624. The lowest BCUT2D eigenvalue weighted by atomic mass is 10.0. The normalized spacial score (nSPS) is 22.9. The van der Waals surface area contributed by atoms with Gasteiger partial charge in [0.1, 0.15) is 10.6 Å². The van der Waals surface area contributed by atoms with Gasteiger partial charge >= 0.3 is 0 Å². The van der Waals surface area contributed by atoms with Gasteiger partial charge in [0.25, 0.3) is 12.3 Å². The van der Waals surface area contributed by atoms with E-state index in [9.17, 15) is 27.1 Å². The molecule has 3 fully saturated rings. The number of amides is 1. The molecule has 12 nitrogen and oxygen atoms in total. The number of aliphatic hydroxyl groups excluding tert-OH is 1. The molecular formula is C23H27F2N7O5S2. The highest BCUT2D eigenvalue weighted by molar-refractivity contribution is 7.89. The summed E-state index contributed by atoms with van der Waals surface area (Å²) in [6.07, 6.45) is 1.41. The van der Waals surface area contributed by atoms with Gasteiger partial charge in [-0.1, -0.05) is 11.3 Å². The molecule has 2 saturated heterocycles. The van der Waals surface area contributed by atoms with Crippen LogP contribution in [0.15, 0.2) is 23.4 Å². The number of imidazole rings is 1. The topological polar surface area (TPSA) is 142 Å². The van der Waals surface area contributed by atoms with E-state index < -0.39 is 33.1 Å². The number of pyridine rings is 1. The quantitative estimate of drug-likeness (QED) is 0.403. The number of morpholine rings is 1. The Labute approximate surface area is 226 Å². The number of carbonyl (C=O) groups excluding carboxylic acids is 1. The first kappa shape index (κ1) is 26.4. The lowest BCUT2D eigenvalue weighted by Crippen LogP contribution is -2.59. The number of aliphatic hydroxyl groups is 1. The van der Waals surface area contributed by atoms with E-state index >= 15 is 0 Å². The monoisotopic (exact) mass is 583 g/mol. The first-order chi connectivity index (χ1) is 18.6. The average Bonchev–Trinajstić information content (AvgIpc) is 3.25. The van der Waals surface area contributed by atoms with Crippen LogP contribution in [0.1, 0.15) is 37.6 Å². The smallest absolute Gasteiger partial charge is 0.291 e. The summed E-state index contributed by atoms with van der Waals surface area (Å²) >= 11 is 0.705. The number of rotatable bonds is 8. The number of halogens is 2. The number of fused-ring (bicyclic) bond motifs is 1. The molecule has 5 heterocycles. The van der Waals surface area contributed by atoms with Crippen LogP contribution >= 0.6 is 11.3 Å². The van der Waals surface area contributed by atoms with Crippen molar-refractivity contribution < 1.29 is 31.8 Å². The van der Waals surface area contributed by atoms with Gasteiger partial charge in [-0.15, -0.1) is 10.2 Å². The Bertz CT molecular complexity index is 1520. The summed E-state index contributed by atoms with van der Waals surface area (Å²) in [7, 11) is -3.95. The molecule has 0 bridgehead atoms. The molecule has 3 aromatic rings. The molecule has 210 valence electrons. The number of anilines is 1. The Morgan fingerprint density at radius 1 is 1.33 bits per heavy atom. The maximum atomic E-state index is 13.4. The zero-order valence-electron chi connectivity index (χ0n) is 21.0. The third-order valence-corrected chi connectivity index (χ3v) is 9.98. The number of nitrogens with zero attached hydrogens (tertiary/aromatic N) is 6. The fraction of sp³-hybridized carbons (Fsp3) is 0.565. The fourth-order valence-corrected chi connectivity index (χ4v) is 6.99. The number of nitrogens with one attached hydrogen (secondary N) is 1. The van der Waals surface area contributed by atoms with Crippen LogP contribution in [0.25, 0.3) is 16.3 Å². The molecule has 1 amide bonds. The summed E-state index contributed by atoms with van der Waals surface area (Å²) in [5, 5.41) is 16.7. The average molecular weight is 584 g/mol. The van der Waals surface area contributed by atoms with Crippen molar-refractivity contribution in [3.63, 3.8) is 0 Å². The van der Waals surface area contributed by atoms with E-state index in [2.05, 4.69) is 19.9 Å². The Kier molecular flexibility index (Phi) is 6.57. The van der Waals surface area contributed by atoms with Crippen LogP contribution in [0.4, 0.5) is 14.5 Å². The number of carbonyl (C=O) groups is 1.